The Balaban J connectivity index is 2.67. The first-order valence-electron chi connectivity index (χ1n) is 6.14. The van der Waals surface area contributed by atoms with Crippen molar-refractivity contribution in [1.29, 1.82) is 0 Å². The number of aromatic hydroxyl groups is 2. The van der Waals surface area contributed by atoms with E-state index >= 15 is 0 Å². The number of fused-ring (bicyclic) bond motifs is 1. The number of hydrogen-bond acceptors (Lipinski definition) is 2. The largest absolute Gasteiger partial charge is 0.504 e. The van der Waals surface area contributed by atoms with E-state index < -0.39 is 0 Å². The minimum absolute atomic E-state index is 0.0259. The number of hydrogen-bond donors (Lipinski definition) is 2. The molecule has 0 saturated heterocycles. The second-order valence-corrected chi connectivity index (χ2v) is 5.27. The number of allylic oxidation sites excluding steroid dienone is 1. The summed E-state index contributed by atoms with van der Waals surface area (Å²) in [5.74, 6) is 0.704. The lowest BCUT2D eigenvalue weighted by molar-refractivity contribution is 0.386. The fourth-order valence-electron chi connectivity index (χ4n) is 2.86. The van der Waals surface area contributed by atoms with Crippen LogP contribution in [0.5, 0.6) is 11.5 Å². The number of benzene rings is 1. The maximum atomic E-state index is 10.1. The Morgan fingerprint density at radius 1 is 1.29 bits per heavy atom. The molecule has 0 aromatic heterocycles. The van der Waals surface area contributed by atoms with E-state index in [0.29, 0.717) is 11.8 Å². The van der Waals surface area contributed by atoms with Crippen molar-refractivity contribution in [2.45, 2.75) is 45.4 Å². The lowest BCUT2D eigenvalue weighted by Crippen LogP contribution is -2.14. The van der Waals surface area contributed by atoms with Crippen LogP contribution in [0.25, 0.3) is 0 Å². The normalized spacial score (nSPS) is 23.2. The van der Waals surface area contributed by atoms with Gasteiger partial charge in [-0.05, 0) is 43.7 Å². The summed E-state index contributed by atoms with van der Waals surface area (Å²) in [4.78, 5) is 0. The zero-order chi connectivity index (χ0) is 12.7. The summed E-state index contributed by atoms with van der Waals surface area (Å²) in [6.45, 7) is 9.99. The summed E-state index contributed by atoms with van der Waals surface area (Å²) < 4.78 is 0. The summed E-state index contributed by atoms with van der Waals surface area (Å²) >= 11 is 0. The van der Waals surface area contributed by atoms with Crippen molar-refractivity contribution < 1.29 is 10.2 Å². The Hall–Kier alpha value is -1.44. The second-order valence-electron chi connectivity index (χ2n) is 5.27. The van der Waals surface area contributed by atoms with Crippen LogP contribution in [0.4, 0.5) is 0 Å². The molecule has 1 aromatic rings. The van der Waals surface area contributed by atoms with E-state index in [1.807, 2.05) is 19.9 Å². The standard InChI is InChI=1S/C15H20O2/c1-8(2)11-6-5-9(3)13-12(11)7-10(4)14(16)15(13)17/h7,9,11,16-17H,1,5-6H2,2-4H3. The molecule has 2 rings (SSSR count). The average Bonchev–Trinajstić information content (AvgIpc) is 2.25. The number of aryl methyl sites for hydroxylation is 1. The molecule has 1 aromatic carbocycles. The topological polar surface area (TPSA) is 40.5 Å². The molecular formula is C15H20O2. The molecule has 0 heterocycles. The molecule has 0 saturated carbocycles. The van der Waals surface area contributed by atoms with Crippen LogP contribution in [0, 0.1) is 6.92 Å². The quantitative estimate of drug-likeness (QED) is 0.568. The molecule has 0 spiro atoms. The minimum atomic E-state index is 0.0259. The highest BCUT2D eigenvalue weighted by Crippen LogP contribution is 2.49. The number of phenolic OH excluding ortho intramolecular Hbond substituents is 2. The van der Waals surface area contributed by atoms with E-state index in [0.717, 1.165) is 35.1 Å². The van der Waals surface area contributed by atoms with Gasteiger partial charge in [0.2, 0.25) is 0 Å². The molecule has 1 aliphatic carbocycles. The molecule has 0 aliphatic heterocycles. The second kappa shape index (κ2) is 4.10. The molecule has 2 unspecified atom stereocenters. The van der Waals surface area contributed by atoms with Gasteiger partial charge in [0, 0.05) is 11.5 Å². The van der Waals surface area contributed by atoms with Crippen LogP contribution in [0.1, 0.15) is 55.2 Å². The van der Waals surface area contributed by atoms with Gasteiger partial charge in [0.1, 0.15) is 0 Å². The molecule has 0 bridgehead atoms. The third kappa shape index (κ3) is 1.82. The monoisotopic (exact) mass is 232 g/mol. The van der Waals surface area contributed by atoms with Gasteiger partial charge in [-0.3, -0.25) is 0 Å². The van der Waals surface area contributed by atoms with E-state index in [9.17, 15) is 10.2 Å². The molecule has 2 nitrogen and oxygen atoms in total. The molecule has 0 fully saturated rings. The maximum absolute atomic E-state index is 10.1. The minimum Gasteiger partial charge on any atom is -0.504 e. The summed E-state index contributed by atoms with van der Waals surface area (Å²) in [5.41, 5.74) is 3.92. The van der Waals surface area contributed by atoms with Crippen LogP contribution in [0.15, 0.2) is 18.2 Å². The number of rotatable bonds is 1. The fraction of sp³-hybridized carbons (Fsp3) is 0.467. The van der Waals surface area contributed by atoms with Crippen molar-refractivity contribution in [2.75, 3.05) is 0 Å². The Bertz CT molecular complexity index is 474. The average molecular weight is 232 g/mol. The summed E-state index contributed by atoms with van der Waals surface area (Å²) in [5, 5.41) is 19.9. The highest BCUT2D eigenvalue weighted by Gasteiger charge is 2.29. The van der Waals surface area contributed by atoms with Gasteiger partial charge >= 0.3 is 0 Å². The molecule has 1 aliphatic rings. The molecule has 2 atom stereocenters. The van der Waals surface area contributed by atoms with Crippen molar-refractivity contribution in [2.24, 2.45) is 0 Å². The van der Waals surface area contributed by atoms with Crippen molar-refractivity contribution in [3.8, 4) is 11.5 Å². The Morgan fingerprint density at radius 3 is 2.53 bits per heavy atom. The highest BCUT2D eigenvalue weighted by atomic mass is 16.3. The molecule has 92 valence electrons. The van der Waals surface area contributed by atoms with Gasteiger partial charge in [0.05, 0.1) is 0 Å². The van der Waals surface area contributed by atoms with Gasteiger partial charge in [0.25, 0.3) is 0 Å². The summed E-state index contributed by atoms with van der Waals surface area (Å²) in [6, 6.07) is 2.00. The lowest BCUT2D eigenvalue weighted by atomic mass is 9.74. The zero-order valence-electron chi connectivity index (χ0n) is 10.7. The van der Waals surface area contributed by atoms with E-state index in [1.165, 1.54) is 0 Å². The molecular weight excluding hydrogens is 212 g/mol. The molecule has 0 radical (unpaired) electrons. The van der Waals surface area contributed by atoms with E-state index in [-0.39, 0.29) is 11.5 Å². The van der Waals surface area contributed by atoms with Gasteiger partial charge in [-0.25, -0.2) is 0 Å². The summed E-state index contributed by atoms with van der Waals surface area (Å²) in [6.07, 6.45) is 2.10. The fourth-order valence-corrected chi connectivity index (χ4v) is 2.86. The molecule has 2 N–H and O–H groups in total. The highest BCUT2D eigenvalue weighted by molar-refractivity contribution is 5.57. The van der Waals surface area contributed by atoms with Crippen LogP contribution in [-0.2, 0) is 0 Å². The van der Waals surface area contributed by atoms with Gasteiger partial charge in [-0.2, -0.15) is 0 Å². The number of phenols is 2. The van der Waals surface area contributed by atoms with Gasteiger partial charge in [0.15, 0.2) is 11.5 Å². The van der Waals surface area contributed by atoms with Crippen molar-refractivity contribution in [3.63, 3.8) is 0 Å². The van der Waals surface area contributed by atoms with Crippen LogP contribution in [0.3, 0.4) is 0 Å². The SMILES string of the molecule is C=C(C)C1CCC(C)c2c1cc(C)c(O)c2O. The molecule has 0 amide bonds. The Kier molecular flexibility index (Phi) is 2.90. The van der Waals surface area contributed by atoms with Crippen LogP contribution >= 0.6 is 0 Å². The molecule has 17 heavy (non-hydrogen) atoms. The van der Waals surface area contributed by atoms with Crippen LogP contribution < -0.4 is 0 Å². The first-order valence-corrected chi connectivity index (χ1v) is 6.14. The third-order valence-corrected chi connectivity index (χ3v) is 3.89. The van der Waals surface area contributed by atoms with Crippen molar-refractivity contribution >= 4 is 0 Å². The smallest absolute Gasteiger partial charge is 0.161 e. The summed E-state index contributed by atoms with van der Waals surface area (Å²) in [7, 11) is 0. The van der Waals surface area contributed by atoms with E-state index in [4.69, 9.17) is 0 Å². The first-order chi connectivity index (χ1) is 7.93. The van der Waals surface area contributed by atoms with Gasteiger partial charge in [-0.1, -0.05) is 25.1 Å². The van der Waals surface area contributed by atoms with Crippen LogP contribution in [-0.4, -0.2) is 10.2 Å². The zero-order valence-corrected chi connectivity index (χ0v) is 10.7. The van der Waals surface area contributed by atoms with Gasteiger partial charge < -0.3 is 10.2 Å². The Labute approximate surface area is 103 Å². The Morgan fingerprint density at radius 2 is 1.94 bits per heavy atom. The first kappa shape index (κ1) is 12.0. The van der Waals surface area contributed by atoms with E-state index in [1.54, 1.807) is 0 Å². The van der Waals surface area contributed by atoms with Crippen molar-refractivity contribution in [3.05, 3.63) is 34.9 Å². The van der Waals surface area contributed by atoms with Crippen LogP contribution in [0.2, 0.25) is 0 Å². The lowest BCUT2D eigenvalue weighted by Gasteiger charge is -2.31. The van der Waals surface area contributed by atoms with Gasteiger partial charge in [-0.15, -0.1) is 0 Å². The molecule has 2 heteroatoms. The third-order valence-electron chi connectivity index (χ3n) is 3.89. The van der Waals surface area contributed by atoms with E-state index in [2.05, 4.69) is 13.5 Å². The maximum Gasteiger partial charge on any atom is 0.161 e. The predicted octanol–water partition coefficient (Wildman–Crippen LogP) is 3.96. The van der Waals surface area contributed by atoms with Crippen molar-refractivity contribution in [1.82, 2.24) is 0 Å². The predicted molar refractivity (Wildman–Crippen MR) is 69.7 cm³/mol.